The van der Waals surface area contributed by atoms with Crippen LogP contribution >= 0.6 is 0 Å². The molecule has 0 unspecified atom stereocenters. The van der Waals surface area contributed by atoms with Gasteiger partial charge in [0.05, 0.1) is 11.2 Å². The molecule has 21 heavy (non-hydrogen) atoms. The molecule has 0 fully saturated rings. The summed E-state index contributed by atoms with van der Waals surface area (Å²) < 4.78 is 1.74. The van der Waals surface area contributed by atoms with Crippen LogP contribution in [-0.4, -0.2) is 9.55 Å². The van der Waals surface area contributed by atoms with Gasteiger partial charge in [-0.25, -0.2) is 4.79 Å². The van der Waals surface area contributed by atoms with Crippen molar-refractivity contribution >= 4 is 10.9 Å². The van der Waals surface area contributed by atoms with Crippen LogP contribution in [0.3, 0.4) is 0 Å². The first-order chi connectivity index (χ1) is 10.1. The molecule has 0 bridgehead atoms. The zero-order valence-electron chi connectivity index (χ0n) is 12.5. The lowest BCUT2D eigenvalue weighted by Crippen LogP contribution is -2.25. The third-order valence-corrected chi connectivity index (χ3v) is 3.67. The second kappa shape index (κ2) is 5.17. The molecule has 3 rings (SSSR count). The molecule has 106 valence electrons. The molecule has 2 aromatic carbocycles. The number of rotatable bonds is 2. The quantitative estimate of drug-likeness (QED) is 0.711. The fraction of sp³-hybridized carbons (Fsp3) is 0.222. The largest absolute Gasteiger partial charge is 0.348 e. The smallest absolute Gasteiger partial charge is 0.289 e. The van der Waals surface area contributed by atoms with Crippen LogP contribution in [0.4, 0.5) is 0 Å². The van der Waals surface area contributed by atoms with Gasteiger partial charge in [-0.2, -0.15) is 4.98 Å². The molecule has 0 amide bonds. The van der Waals surface area contributed by atoms with Gasteiger partial charge in [0.25, 0.3) is 0 Å². The van der Waals surface area contributed by atoms with E-state index in [1.807, 2.05) is 69.3 Å². The molecule has 0 saturated carbocycles. The van der Waals surface area contributed by atoms with E-state index in [1.165, 1.54) is 5.56 Å². The predicted molar refractivity (Wildman–Crippen MR) is 86.6 cm³/mol. The molecule has 0 aliphatic rings. The first-order valence-electron chi connectivity index (χ1n) is 7.16. The Balaban J connectivity index is 2.37. The van der Waals surface area contributed by atoms with E-state index < -0.39 is 0 Å². The van der Waals surface area contributed by atoms with Crippen molar-refractivity contribution in [1.29, 1.82) is 0 Å². The van der Waals surface area contributed by atoms with E-state index in [9.17, 15) is 4.79 Å². The van der Waals surface area contributed by atoms with Crippen LogP contribution in [0.15, 0.2) is 53.3 Å². The Morgan fingerprint density at radius 1 is 1.00 bits per heavy atom. The van der Waals surface area contributed by atoms with E-state index in [0.29, 0.717) is 0 Å². The molecular formula is C18H18N2O. The summed E-state index contributed by atoms with van der Waals surface area (Å²) in [5.41, 5.74) is 3.67. The van der Waals surface area contributed by atoms with Gasteiger partial charge in [0, 0.05) is 17.0 Å². The van der Waals surface area contributed by atoms with Gasteiger partial charge in [-0.1, -0.05) is 48.0 Å². The average Bonchev–Trinajstić information content (AvgIpc) is 2.47. The van der Waals surface area contributed by atoms with Crippen LogP contribution in [0.2, 0.25) is 0 Å². The molecule has 1 heterocycles. The maximum Gasteiger partial charge on any atom is 0.348 e. The van der Waals surface area contributed by atoms with Crippen molar-refractivity contribution in [2.75, 3.05) is 0 Å². The zero-order valence-corrected chi connectivity index (χ0v) is 12.5. The Morgan fingerprint density at radius 3 is 2.33 bits per heavy atom. The highest BCUT2D eigenvalue weighted by Crippen LogP contribution is 2.26. The predicted octanol–water partition coefficient (Wildman–Crippen LogP) is 3.95. The summed E-state index contributed by atoms with van der Waals surface area (Å²) in [5.74, 6) is 0. The Kier molecular flexibility index (Phi) is 3.34. The van der Waals surface area contributed by atoms with Crippen molar-refractivity contribution in [3.63, 3.8) is 0 Å². The van der Waals surface area contributed by atoms with E-state index in [-0.39, 0.29) is 11.7 Å². The van der Waals surface area contributed by atoms with Crippen molar-refractivity contribution in [2.24, 2.45) is 0 Å². The van der Waals surface area contributed by atoms with E-state index in [4.69, 9.17) is 0 Å². The molecule has 0 spiro atoms. The average molecular weight is 278 g/mol. The Bertz CT molecular complexity index is 845. The zero-order chi connectivity index (χ0) is 15.0. The van der Waals surface area contributed by atoms with Gasteiger partial charge in [-0.3, -0.25) is 4.57 Å². The van der Waals surface area contributed by atoms with Crippen molar-refractivity contribution in [3.8, 4) is 11.3 Å². The van der Waals surface area contributed by atoms with Crippen LogP contribution in [0, 0.1) is 6.92 Å². The van der Waals surface area contributed by atoms with Crippen LogP contribution in [0.25, 0.3) is 22.2 Å². The lowest BCUT2D eigenvalue weighted by Gasteiger charge is -2.15. The van der Waals surface area contributed by atoms with Gasteiger partial charge in [-0.05, 0) is 26.8 Å². The molecule has 3 heteroatoms. The maximum absolute atomic E-state index is 12.4. The van der Waals surface area contributed by atoms with Gasteiger partial charge in [-0.15, -0.1) is 0 Å². The van der Waals surface area contributed by atoms with Gasteiger partial charge in [0.2, 0.25) is 0 Å². The third-order valence-electron chi connectivity index (χ3n) is 3.67. The van der Waals surface area contributed by atoms with E-state index in [0.717, 1.165) is 22.2 Å². The van der Waals surface area contributed by atoms with Gasteiger partial charge in [0.15, 0.2) is 0 Å². The number of para-hydroxylation sites is 1. The van der Waals surface area contributed by atoms with Crippen LogP contribution < -0.4 is 5.69 Å². The summed E-state index contributed by atoms with van der Waals surface area (Å²) in [6.45, 7) is 6.05. The van der Waals surface area contributed by atoms with E-state index in [1.54, 1.807) is 4.57 Å². The Labute approximate surface area is 123 Å². The highest BCUT2D eigenvalue weighted by Gasteiger charge is 2.13. The maximum atomic E-state index is 12.4. The number of nitrogens with zero attached hydrogens (tertiary/aromatic N) is 2. The number of benzene rings is 2. The van der Waals surface area contributed by atoms with Crippen LogP contribution in [0.5, 0.6) is 0 Å². The van der Waals surface area contributed by atoms with Crippen molar-refractivity contribution in [1.82, 2.24) is 9.55 Å². The van der Waals surface area contributed by atoms with Crippen molar-refractivity contribution in [3.05, 3.63) is 64.6 Å². The van der Waals surface area contributed by atoms with Crippen LogP contribution in [-0.2, 0) is 0 Å². The molecule has 0 aliphatic carbocycles. The minimum absolute atomic E-state index is 0.0852. The minimum atomic E-state index is -0.195. The summed E-state index contributed by atoms with van der Waals surface area (Å²) in [4.78, 5) is 16.7. The number of hydrogen-bond acceptors (Lipinski definition) is 2. The fourth-order valence-electron chi connectivity index (χ4n) is 2.63. The van der Waals surface area contributed by atoms with Gasteiger partial charge < -0.3 is 0 Å². The Morgan fingerprint density at radius 2 is 1.67 bits per heavy atom. The molecule has 1 aromatic heterocycles. The standard InChI is InChI=1S/C18H18N2O/c1-12(2)20-16-7-5-4-6-15(16)17(19-18(20)21)14-10-8-13(3)9-11-14/h4-12H,1-3H3. The fourth-order valence-corrected chi connectivity index (χ4v) is 2.63. The van der Waals surface area contributed by atoms with E-state index >= 15 is 0 Å². The molecule has 0 saturated heterocycles. The summed E-state index contributed by atoms with van der Waals surface area (Å²) in [6.07, 6.45) is 0. The lowest BCUT2D eigenvalue weighted by atomic mass is 10.0. The lowest BCUT2D eigenvalue weighted by molar-refractivity contribution is 0.587. The molecule has 0 aliphatic heterocycles. The third kappa shape index (κ3) is 2.35. The van der Waals surface area contributed by atoms with Gasteiger partial charge >= 0.3 is 5.69 Å². The number of aromatic nitrogens is 2. The van der Waals surface area contributed by atoms with Crippen molar-refractivity contribution in [2.45, 2.75) is 26.8 Å². The van der Waals surface area contributed by atoms with Crippen LogP contribution in [0.1, 0.15) is 25.5 Å². The number of hydrogen-bond donors (Lipinski definition) is 0. The highest BCUT2D eigenvalue weighted by atomic mass is 16.1. The van der Waals surface area contributed by atoms with Gasteiger partial charge in [0.1, 0.15) is 0 Å². The van der Waals surface area contributed by atoms with Crippen molar-refractivity contribution < 1.29 is 0 Å². The summed E-state index contributed by atoms with van der Waals surface area (Å²) in [7, 11) is 0. The minimum Gasteiger partial charge on any atom is -0.289 e. The summed E-state index contributed by atoms with van der Waals surface area (Å²) in [5, 5.41) is 1.01. The first-order valence-corrected chi connectivity index (χ1v) is 7.16. The number of fused-ring (bicyclic) bond motifs is 1. The topological polar surface area (TPSA) is 34.9 Å². The summed E-state index contributed by atoms with van der Waals surface area (Å²) >= 11 is 0. The number of aryl methyl sites for hydroxylation is 1. The SMILES string of the molecule is Cc1ccc(-c2nc(=O)n(C(C)C)c3ccccc23)cc1. The summed E-state index contributed by atoms with van der Waals surface area (Å²) in [6, 6.07) is 16.1. The second-order valence-corrected chi connectivity index (χ2v) is 5.59. The Hall–Kier alpha value is -2.42. The molecule has 0 N–H and O–H groups in total. The molecule has 3 nitrogen and oxygen atoms in total. The molecule has 0 radical (unpaired) electrons. The molecule has 0 atom stereocenters. The highest BCUT2D eigenvalue weighted by molar-refractivity contribution is 5.92. The molecule has 3 aromatic rings. The first kappa shape index (κ1) is 13.6. The monoisotopic (exact) mass is 278 g/mol. The normalized spacial score (nSPS) is 11.2. The second-order valence-electron chi connectivity index (χ2n) is 5.59. The van der Waals surface area contributed by atoms with E-state index in [2.05, 4.69) is 4.98 Å². The molecular weight excluding hydrogens is 260 g/mol.